The lowest BCUT2D eigenvalue weighted by Gasteiger charge is -2.08. The van der Waals surface area contributed by atoms with Gasteiger partial charge in [-0.2, -0.15) is 0 Å². The number of amides is 1. The van der Waals surface area contributed by atoms with Crippen molar-refractivity contribution in [3.8, 4) is 5.75 Å². The molecule has 1 atom stereocenters. The fourth-order valence-corrected chi connectivity index (χ4v) is 4.23. The Labute approximate surface area is 144 Å². The van der Waals surface area contributed by atoms with E-state index in [0.29, 0.717) is 23.0 Å². The fraction of sp³-hybridized carbons (Fsp3) is 0.312. The summed E-state index contributed by atoms with van der Waals surface area (Å²) >= 11 is 5.80. The quantitative estimate of drug-likeness (QED) is 0.874. The van der Waals surface area contributed by atoms with Crippen molar-refractivity contribution in [3.05, 3.63) is 52.9 Å². The second kappa shape index (κ2) is 6.86. The Morgan fingerprint density at radius 2 is 2.00 bits per heavy atom. The molecule has 0 spiro atoms. The van der Waals surface area contributed by atoms with Gasteiger partial charge in [0.2, 0.25) is 0 Å². The molecule has 0 saturated carbocycles. The van der Waals surface area contributed by atoms with Gasteiger partial charge in [0.05, 0.1) is 11.5 Å². The van der Waals surface area contributed by atoms with Gasteiger partial charge in [0.15, 0.2) is 15.6 Å². The van der Waals surface area contributed by atoms with Crippen molar-refractivity contribution in [3.63, 3.8) is 0 Å². The van der Waals surface area contributed by atoms with Crippen LogP contribution in [0.1, 0.15) is 22.7 Å². The van der Waals surface area contributed by atoms with E-state index in [4.69, 9.17) is 20.8 Å². The van der Waals surface area contributed by atoms with Gasteiger partial charge in [0.1, 0.15) is 18.1 Å². The lowest BCUT2D eigenvalue weighted by Crippen LogP contribution is -2.35. The molecule has 0 bridgehead atoms. The average Bonchev–Trinajstić information content (AvgIpc) is 3.13. The van der Waals surface area contributed by atoms with Gasteiger partial charge < -0.3 is 14.5 Å². The van der Waals surface area contributed by atoms with E-state index in [1.54, 1.807) is 36.4 Å². The number of furan rings is 1. The second-order valence-electron chi connectivity index (χ2n) is 5.58. The first kappa shape index (κ1) is 16.9. The second-order valence-corrected chi connectivity index (χ2v) is 8.25. The summed E-state index contributed by atoms with van der Waals surface area (Å²) in [6.45, 7) is 0.173. The first-order valence-electron chi connectivity index (χ1n) is 7.40. The number of halogens is 1. The van der Waals surface area contributed by atoms with Gasteiger partial charge in [-0.1, -0.05) is 11.6 Å². The molecule has 6 nitrogen and oxygen atoms in total. The molecule has 1 aromatic heterocycles. The van der Waals surface area contributed by atoms with E-state index in [0.717, 1.165) is 0 Å². The molecule has 128 valence electrons. The predicted molar refractivity (Wildman–Crippen MR) is 89.0 cm³/mol. The Morgan fingerprint density at radius 1 is 1.25 bits per heavy atom. The molecule has 1 fully saturated rings. The van der Waals surface area contributed by atoms with Crippen LogP contribution in [0.4, 0.5) is 0 Å². The summed E-state index contributed by atoms with van der Waals surface area (Å²) in [7, 11) is -3.04. The zero-order valence-electron chi connectivity index (χ0n) is 12.7. The standard InChI is InChI=1S/C16H16ClNO5S/c17-11-1-3-13(4-2-11)22-9-14-5-6-15(23-14)16(19)18-12-7-8-24(20,21)10-12/h1-6,12H,7-10H2,(H,18,19)/t12-/m1/s1. The molecule has 1 aromatic carbocycles. The largest absolute Gasteiger partial charge is 0.486 e. The van der Waals surface area contributed by atoms with Crippen LogP contribution in [-0.2, 0) is 16.4 Å². The number of hydrogen-bond acceptors (Lipinski definition) is 5. The van der Waals surface area contributed by atoms with Gasteiger partial charge in [0, 0.05) is 11.1 Å². The van der Waals surface area contributed by atoms with Crippen LogP contribution in [0.2, 0.25) is 5.02 Å². The number of carbonyl (C=O) groups is 1. The van der Waals surface area contributed by atoms with Gasteiger partial charge in [-0.15, -0.1) is 0 Å². The zero-order chi connectivity index (χ0) is 17.2. The smallest absolute Gasteiger partial charge is 0.287 e. The van der Waals surface area contributed by atoms with Crippen LogP contribution in [0, 0.1) is 0 Å². The molecule has 2 heterocycles. The lowest BCUT2D eigenvalue weighted by molar-refractivity contribution is 0.0909. The number of rotatable bonds is 5. The van der Waals surface area contributed by atoms with Crippen LogP contribution < -0.4 is 10.1 Å². The van der Waals surface area contributed by atoms with E-state index < -0.39 is 15.7 Å². The van der Waals surface area contributed by atoms with E-state index in [2.05, 4.69) is 5.32 Å². The Hall–Kier alpha value is -1.99. The number of carbonyl (C=O) groups excluding carboxylic acids is 1. The first-order valence-corrected chi connectivity index (χ1v) is 9.59. The molecule has 3 rings (SSSR count). The highest BCUT2D eigenvalue weighted by Crippen LogP contribution is 2.18. The molecule has 2 aromatic rings. The minimum absolute atomic E-state index is 0.0218. The van der Waals surface area contributed by atoms with E-state index in [1.165, 1.54) is 0 Å². The van der Waals surface area contributed by atoms with E-state index >= 15 is 0 Å². The number of hydrogen-bond donors (Lipinski definition) is 1. The third-order valence-electron chi connectivity index (χ3n) is 3.65. The van der Waals surface area contributed by atoms with Crippen LogP contribution >= 0.6 is 11.6 Å². The molecule has 0 radical (unpaired) electrons. The van der Waals surface area contributed by atoms with Crippen LogP contribution in [0.3, 0.4) is 0 Å². The SMILES string of the molecule is O=C(N[C@@H]1CCS(=O)(=O)C1)c1ccc(COc2ccc(Cl)cc2)o1. The van der Waals surface area contributed by atoms with Crippen LogP contribution in [0.15, 0.2) is 40.8 Å². The average molecular weight is 370 g/mol. The highest BCUT2D eigenvalue weighted by molar-refractivity contribution is 7.91. The Balaban J connectivity index is 1.55. The first-order chi connectivity index (χ1) is 11.4. The van der Waals surface area contributed by atoms with Crippen molar-refractivity contribution < 1.29 is 22.4 Å². The van der Waals surface area contributed by atoms with Gasteiger partial charge in [-0.3, -0.25) is 4.79 Å². The highest BCUT2D eigenvalue weighted by atomic mass is 35.5. The van der Waals surface area contributed by atoms with Crippen molar-refractivity contribution >= 4 is 27.3 Å². The topological polar surface area (TPSA) is 85.6 Å². The van der Waals surface area contributed by atoms with Crippen molar-refractivity contribution in [1.82, 2.24) is 5.32 Å². The third-order valence-corrected chi connectivity index (χ3v) is 5.67. The zero-order valence-corrected chi connectivity index (χ0v) is 14.3. The molecule has 0 unspecified atom stereocenters. The number of sulfone groups is 1. The van der Waals surface area contributed by atoms with Crippen LogP contribution in [0.5, 0.6) is 5.75 Å². The summed E-state index contributed by atoms with van der Waals surface area (Å²) in [5.74, 6) is 0.929. The number of ether oxygens (including phenoxy) is 1. The Morgan fingerprint density at radius 3 is 2.67 bits per heavy atom. The highest BCUT2D eigenvalue weighted by Gasteiger charge is 2.29. The molecule has 1 amide bonds. The Bertz CT molecular complexity index is 828. The summed E-state index contributed by atoms with van der Waals surface area (Å²) in [4.78, 5) is 12.1. The summed E-state index contributed by atoms with van der Waals surface area (Å²) in [6, 6.07) is 9.73. The van der Waals surface area contributed by atoms with Crippen LogP contribution in [0.25, 0.3) is 0 Å². The summed E-state index contributed by atoms with van der Waals surface area (Å²) in [6.07, 6.45) is 0.432. The summed E-state index contributed by atoms with van der Waals surface area (Å²) in [5, 5.41) is 3.30. The van der Waals surface area contributed by atoms with Crippen molar-refractivity contribution in [2.75, 3.05) is 11.5 Å². The minimum atomic E-state index is -3.04. The fourth-order valence-electron chi connectivity index (χ4n) is 2.43. The van der Waals surface area contributed by atoms with Crippen molar-refractivity contribution in [1.29, 1.82) is 0 Å². The molecule has 1 aliphatic rings. The lowest BCUT2D eigenvalue weighted by atomic mass is 10.2. The Kier molecular flexibility index (Phi) is 4.82. The molecular weight excluding hydrogens is 354 g/mol. The van der Waals surface area contributed by atoms with Crippen molar-refractivity contribution in [2.24, 2.45) is 0 Å². The van der Waals surface area contributed by atoms with Gasteiger partial charge in [-0.25, -0.2) is 8.42 Å². The predicted octanol–water partition coefficient (Wildman–Crippen LogP) is 2.43. The molecule has 8 heteroatoms. The maximum absolute atomic E-state index is 12.1. The van der Waals surface area contributed by atoms with Crippen molar-refractivity contribution in [2.45, 2.75) is 19.1 Å². The third kappa shape index (κ3) is 4.30. The summed E-state index contributed by atoms with van der Waals surface area (Å²) < 4.78 is 33.8. The van der Waals surface area contributed by atoms with E-state index in [-0.39, 0.29) is 29.9 Å². The molecule has 1 N–H and O–H groups in total. The molecule has 1 aliphatic heterocycles. The van der Waals surface area contributed by atoms with Crippen LogP contribution in [-0.4, -0.2) is 31.9 Å². The van der Waals surface area contributed by atoms with Gasteiger partial charge in [-0.05, 0) is 42.8 Å². The molecule has 0 aliphatic carbocycles. The molecule has 24 heavy (non-hydrogen) atoms. The number of benzene rings is 1. The molecular formula is C16H16ClNO5S. The maximum Gasteiger partial charge on any atom is 0.287 e. The normalized spacial score (nSPS) is 19.1. The monoisotopic (exact) mass is 369 g/mol. The molecule has 1 saturated heterocycles. The van der Waals surface area contributed by atoms with Gasteiger partial charge >= 0.3 is 0 Å². The van der Waals surface area contributed by atoms with E-state index in [9.17, 15) is 13.2 Å². The van der Waals surface area contributed by atoms with E-state index in [1.807, 2.05) is 0 Å². The summed E-state index contributed by atoms with van der Waals surface area (Å²) in [5.41, 5.74) is 0. The number of nitrogens with one attached hydrogen (secondary N) is 1. The van der Waals surface area contributed by atoms with Gasteiger partial charge in [0.25, 0.3) is 5.91 Å². The minimum Gasteiger partial charge on any atom is -0.486 e. The maximum atomic E-state index is 12.1.